The van der Waals surface area contributed by atoms with Crippen LogP contribution < -0.4 is 5.73 Å². The lowest BCUT2D eigenvalue weighted by atomic mass is 10.1. The van der Waals surface area contributed by atoms with Crippen molar-refractivity contribution in [3.05, 3.63) is 0 Å². The molecule has 0 bridgehead atoms. The van der Waals surface area contributed by atoms with E-state index in [-0.39, 0.29) is 11.3 Å². The molecule has 66 valence electrons. The Morgan fingerprint density at radius 2 is 2.00 bits per heavy atom. The Morgan fingerprint density at radius 1 is 1.45 bits per heavy atom. The molecule has 0 saturated heterocycles. The van der Waals surface area contributed by atoms with Crippen molar-refractivity contribution in [2.45, 2.75) is 31.2 Å². The summed E-state index contributed by atoms with van der Waals surface area (Å²) in [5.74, 6) is 0.284. The molecule has 2 N–H and O–H groups in total. The van der Waals surface area contributed by atoms with Crippen LogP contribution in [0.3, 0.4) is 0 Å². The van der Waals surface area contributed by atoms with E-state index in [4.69, 9.17) is 5.73 Å². The molecule has 1 rings (SSSR count). The lowest BCUT2D eigenvalue weighted by Crippen LogP contribution is -2.22. The van der Waals surface area contributed by atoms with E-state index in [1.54, 1.807) is 0 Å². The van der Waals surface area contributed by atoms with Gasteiger partial charge in [-0.05, 0) is 25.7 Å². The van der Waals surface area contributed by atoms with Crippen molar-refractivity contribution in [3.63, 3.8) is 0 Å². The second-order valence-corrected chi connectivity index (χ2v) is 5.86. The van der Waals surface area contributed by atoms with Crippen LogP contribution in [0.15, 0.2) is 0 Å². The SMILES string of the molecule is CS(=O)(=O)CCCC1(N)CC1. The van der Waals surface area contributed by atoms with E-state index >= 15 is 0 Å². The van der Waals surface area contributed by atoms with E-state index in [0.29, 0.717) is 0 Å². The Morgan fingerprint density at radius 3 is 2.36 bits per heavy atom. The average Bonchev–Trinajstić information content (AvgIpc) is 2.44. The van der Waals surface area contributed by atoms with Gasteiger partial charge < -0.3 is 5.73 Å². The van der Waals surface area contributed by atoms with Gasteiger partial charge in [0.25, 0.3) is 0 Å². The van der Waals surface area contributed by atoms with Crippen LogP contribution >= 0.6 is 0 Å². The third-order valence-corrected chi connectivity index (χ3v) is 3.11. The van der Waals surface area contributed by atoms with E-state index in [9.17, 15) is 8.42 Å². The van der Waals surface area contributed by atoms with Gasteiger partial charge in [0.2, 0.25) is 0 Å². The van der Waals surface area contributed by atoms with Gasteiger partial charge in [-0.3, -0.25) is 0 Å². The molecule has 0 atom stereocenters. The first kappa shape index (κ1) is 9.00. The number of rotatable bonds is 4. The number of hydrogen-bond donors (Lipinski definition) is 1. The predicted molar refractivity (Wildman–Crippen MR) is 45.1 cm³/mol. The Bertz CT molecular complexity index is 229. The zero-order valence-electron chi connectivity index (χ0n) is 6.84. The van der Waals surface area contributed by atoms with Crippen molar-refractivity contribution < 1.29 is 8.42 Å². The number of nitrogens with two attached hydrogens (primary N) is 1. The molecular weight excluding hydrogens is 162 g/mol. The minimum absolute atomic E-state index is 0.00465. The van der Waals surface area contributed by atoms with E-state index in [0.717, 1.165) is 25.7 Å². The van der Waals surface area contributed by atoms with Gasteiger partial charge in [-0.25, -0.2) is 8.42 Å². The van der Waals surface area contributed by atoms with Crippen molar-refractivity contribution in [3.8, 4) is 0 Å². The smallest absolute Gasteiger partial charge is 0.147 e. The second-order valence-electron chi connectivity index (χ2n) is 3.60. The molecule has 0 aromatic heterocycles. The average molecular weight is 177 g/mol. The molecule has 11 heavy (non-hydrogen) atoms. The fourth-order valence-corrected chi connectivity index (χ4v) is 1.77. The minimum atomic E-state index is -2.77. The molecule has 4 heteroatoms. The zero-order valence-corrected chi connectivity index (χ0v) is 7.65. The van der Waals surface area contributed by atoms with Crippen molar-refractivity contribution in [2.75, 3.05) is 12.0 Å². The summed E-state index contributed by atoms with van der Waals surface area (Å²) in [5.41, 5.74) is 5.79. The molecule has 1 aliphatic rings. The highest BCUT2D eigenvalue weighted by Crippen LogP contribution is 2.36. The van der Waals surface area contributed by atoms with Crippen molar-refractivity contribution in [2.24, 2.45) is 5.73 Å². The Balaban J connectivity index is 2.15. The molecule has 0 aromatic carbocycles. The molecule has 0 unspecified atom stereocenters. The molecule has 3 nitrogen and oxygen atoms in total. The monoisotopic (exact) mass is 177 g/mol. The highest BCUT2D eigenvalue weighted by Gasteiger charge is 2.37. The fraction of sp³-hybridized carbons (Fsp3) is 1.00. The number of hydrogen-bond acceptors (Lipinski definition) is 3. The summed E-state index contributed by atoms with van der Waals surface area (Å²) >= 11 is 0. The molecule has 1 saturated carbocycles. The highest BCUT2D eigenvalue weighted by molar-refractivity contribution is 7.90. The molecular formula is C7H15NO2S. The van der Waals surface area contributed by atoms with Crippen LogP contribution in [-0.2, 0) is 9.84 Å². The van der Waals surface area contributed by atoms with E-state index in [2.05, 4.69) is 0 Å². The predicted octanol–water partition coefficient (Wildman–Crippen LogP) is 0.303. The van der Waals surface area contributed by atoms with Crippen molar-refractivity contribution >= 4 is 9.84 Å². The quantitative estimate of drug-likeness (QED) is 0.672. The summed E-state index contributed by atoms with van der Waals surface area (Å²) in [6.07, 6.45) is 4.98. The normalized spacial score (nSPS) is 21.6. The third kappa shape index (κ3) is 3.72. The van der Waals surface area contributed by atoms with Crippen molar-refractivity contribution in [1.29, 1.82) is 0 Å². The van der Waals surface area contributed by atoms with Gasteiger partial charge in [0.1, 0.15) is 9.84 Å². The summed E-state index contributed by atoms with van der Waals surface area (Å²) in [6.45, 7) is 0. The standard InChI is InChI=1S/C7H15NO2S/c1-11(9,10)6-2-3-7(8)4-5-7/h2-6,8H2,1H3. The summed E-state index contributed by atoms with van der Waals surface area (Å²) in [5, 5.41) is 0. The molecule has 0 aromatic rings. The topological polar surface area (TPSA) is 60.2 Å². The van der Waals surface area contributed by atoms with Gasteiger partial charge in [0.05, 0.1) is 0 Å². The maximum Gasteiger partial charge on any atom is 0.147 e. The Kier molecular flexibility index (Phi) is 2.25. The molecule has 1 fully saturated rings. The third-order valence-electron chi connectivity index (χ3n) is 2.08. The maximum atomic E-state index is 10.7. The maximum absolute atomic E-state index is 10.7. The van der Waals surface area contributed by atoms with E-state index in [1.807, 2.05) is 0 Å². The van der Waals surface area contributed by atoms with Gasteiger partial charge in [0.15, 0.2) is 0 Å². The number of sulfone groups is 1. The van der Waals surface area contributed by atoms with Crippen LogP contribution in [0.1, 0.15) is 25.7 Å². The van der Waals surface area contributed by atoms with Gasteiger partial charge in [-0.1, -0.05) is 0 Å². The summed E-state index contributed by atoms with van der Waals surface area (Å²) in [6, 6.07) is 0. The molecule has 0 radical (unpaired) electrons. The van der Waals surface area contributed by atoms with Crippen LogP contribution in [0.4, 0.5) is 0 Å². The van der Waals surface area contributed by atoms with Crippen LogP contribution in [-0.4, -0.2) is 26.0 Å². The van der Waals surface area contributed by atoms with E-state index < -0.39 is 9.84 Å². The highest BCUT2D eigenvalue weighted by atomic mass is 32.2. The first-order valence-corrected chi connectivity index (χ1v) is 5.94. The minimum Gasteiger partial charge on any atom is -0.325 e. The van der Waals surface area contributed by atoms with Gasteiger partial charge >= 0.3 is 0 Å². The summed E-state index contributed by atoms with van der Waals surface area (Å²) in [4.78, 5) is 0. The van der Waals surface area contributed by atoms with Crippen molar-refractivity contribution in [1.82, 2.24) is 0 Å². The largest absolute Gasteiger partial charge is 0.325 e. The van der Waals surface area contributed by atoms with E-state index in [1.165, 1.54) is 6.26 Å². The lowest BCUT2D eigenvalue weighted by molar-refractivity contribution is 0.575. The van der Waals surface area contributed by atoms with Crippen LogP contribution in [0.2, 0.25) is 0 Å². The molecule has 1 aliphatic carbocycles. The fourth-order valence-electron chi connectivity index (χ4n) is 1.10. The Labute approximate surface area is 67.9 Å². The second kappa shape index (κ2) is 2.75. The van der Waals surface area contributed by atoms with Crippen LogP contribution in [0.5, 0.6) is 0 Å². The molecule has 0 heterocycles. The van der Waals surface area contributed by atoms with Crippen LogP contribution in [0, 0.1) is 0 Å². The van der Waals surface area contributed by atoms with Gasteiger partial charge in [-0.2, -0.15) is 0 Å². The molecule has 0 spiro atoms. The zero-order chi connectivity index (χ0) is 8.54. The summed E-state index contributed by atoms with van der Waals surface area (Å²) < 4.78 is 21.4. The molecule has 0 aliphatic heterocycles. The van der Waals surface area contributed by atoms with Crippen LogP contribution in [0.25, 0.3) is 0 Å². The molecule has 0 amide bonds. The van der Waals surface area contributed by atoms with Gasteiger partial charge in [0, 0.05) is 17.5 Å². The Hall–Kier alpha value is -0.0900. The lowest BCUT2D eigenvalue weighted by Gasteiger charge is -2.05. The first-order chi connectivity index (χ1) is 4.91. The summed E-state index contributed by atoms with van der Waals surface area (Å²) in [7, 11) is -2.77. The van der Waals surface area contributed by atoms with Gasteiger partial charge in [-0.15, -0.1) is 0 Å². The first-order valence-electron chi connectivity index (χ1n) is 3.88.